The first-order chi connectivity index (χ1) is 9.47. The third-order valence-corrected chi connectivity index (χ3v) is 2.92. The van der Waals surface area contributed by atoms with Gasteiger partial charge in [-0.05, 0) is 30.3 Å². The Morgan fingerprint density at radius 2 is 2.00 bits per heavy atom. The van der Waals surface area contributed by atoms with Crippen molar-refractivity contribution in [2.45, 2.75) is 0 Å². The lowest BCUT2D eigenvalue weighted by Crippen LogP contribution is -2.22. The van der Waals surface area contributed by atoms with E-state index in [0.717, 1.165) is 0 Å². The molecule has 0 unspecified atom stereocenters. The van der Waals surface area contributed by atoms with Crippen LogP contribution in [0.2, 0.25) is 0 Å². The number of H-pyrrole nitrogens is 1. The monoisotopic (exact) mass is 336 g/mol. The molecule has 1 aromatic carbocycles. The van der Waals surface area contributed by atoms with Gasteiger partial charge in [-0.25, -0.2) is 4.79 Å². The van der Waals surface area contributed by atoms with Gasteiger partial charge in [-0.1, -0.05) is 15.9 Å². The average molecular weight is 337 g/mol. The fourth-order valence-corrected chi connectivity index (χ4v) is 2.08. The molecule has 1 heterocycles. The van der Waals surface area contributed by atoms with Crippen LogP contribution in [-0.2, 0) is 0 Å². The van der Waals surface area contributed by atoms with Crippen molar-refractivity contribution >= 4 is 33.5 Å². The van der Waals surface area contributed by atoms with Crippen LogP contribution in [0.3, 0.4) is 0 Å². The number of hydrogen-bond donors (Lipinski definition) is 3. The van der Waals surface area contributed by atoms with E-state index in [-0.39, 0.29) is 16.8 Å². The van der Waals surface area contributed by atoms with E-state index in [9.17, 15) is 14.4 Å². The molecule has 0 aliphatic carbocycles. The van der Waals surface area contributed by atoms with Gasteiger partial charge in [0.15, 0.2) is 0 Å². The summed E-state index contributed by atoms with van der Waals surface area (Å²) in [5.41, 5.74) is -0.260. The van der Waals surface area contributed by atoms with Crippen molar-refractivity contribution in [3.63, 3.8) is 0 Å². The highest BCUT2D eigenvalue weighted by atomic mass is 79.9. The van der Waals surface area contributed by atoms with Gasteiger partial charge in [-0.3, -0.25) is 9.59 Å². The predicted octanol–water partition coefficient (Wildman–Crippen LogP) is 2.09. The molecule has 7 heteroatoms. The summed E-state index contributed by atoms with van der Waals surface area (Å²) >= 11 is 3.16. The van der Waals surface area contributed by atoms with Crippen molar-refractivity contribution in [3.05, 3.63) is 62.5 Å². The van der Waals surface area contributed by atoms with Gasteiger partial charge in [0.25, 0.3) is 11.5 Å². The number of carbonyl (C=O) groups excluding carboxylic acids is 1. The number of rotatable bonds is 3. The Hall–Kier alpha value is -2.41. The molecule has 2 aromatic rings. The van der Waals surface area contributed by atoms with E-state index in [1.165, 1.54) is 30.5 Å². The molecule has 0 radical (unpaired) electrons. The van der Waals surface area contributed by atoms with E-state index in [2.05, 4.69) is 26.2 Å². The number of benzene rings is 1. The number of amides is 1. The number of carboxylic acid groups (broad SMARTS) is 1. The number of hydrogen-bond acceptors (Lipinski definition) is 3. The first-order valence-corrected chi connectivity index (χ1v) is 6.29. The van der Waals surface area contributed by atoms with Crippen LogP contribution in [0, 0.1) is 0 Å². The van der Waals surface area contributed by atoms with Crippen molar-refractivity contribution in [2.75, 3.05) is 5.32 Å². The molecule has 0 spiro atoms. The minimum Gasteiger partial charge on any atom is -0.478 e. The Morgan fingerprint density at radius 3 is 2.65 bits per heavy atom. The fraction of sp³-hybridized carbons (Fsp3) is 0. The topological polar surface area (TPSA) is 99.3 Å². The minimum atomic E-state index is -1.11. The quantitative estimate of drug-likeness (QED) is 0.798. The van der Waals surface area contributed by atoms with Gasteiger partial charge in [0, 0.05) is 16.4 Å². The molecule has 0 fully saturated rings. The second kappa shape index (κ2) is 5.70. The molecule has 20 heavy (non-hydrogen) atoms. The molecule has 3 N–H and O–H groups in total. The lowest BCUT2D eigenvalue weighted by Gasteiger charge is -2.06. The molecule has 0 saturated carbocycles. The smallest absolute Gasteiger partial charge is 0.335 e. The molecule has 2 rings (SSSR count). The maximum absolute atomic E-state index is 11.9. The summed E-state index contributed by atoms with van der Waals surface area (Å²) in [4.78, 5) is 36.7. The standard InChI is InChI=1S/C13H9BrN2O4/c14-8-4-7(13(19)20)5-9(6-8)16-12(18)10-2-1-3-15-11(10)17/h1-6H,(H,15,17)(H,16,18)(H,19,20). The number of aromatic amines is 1. The third kappa shape index (κ3) is 3.12. The number of carbonyl (C=O) groups is 2. The molecule has 1 aromatic heterocycles. The van der Waals surface area contributed by atoms with Gasteiger partial charge in [-0.15, -0.1) is 0 Å². The highest BCUT2D eigenvalue weighted by molar-refractivity contribution is 9.10. The van der Waals surface area contributed by atoms with Crippen LogP contribution < -0.4 is 10.9 Å². The summed E-state index contributed by atoms with van der Waals surface area (Å²) in [7, 11) is 0. The third-order valence-electron chi connectivity index (χ3n) is 2.47. The summed E-state index contributed by atoms with van der Waals surface area (Å²) in [5.74, 6) is -1.72. The predicted molar refractivity (Wildman–Crippen MR) is 76.1 cm³/mol. The zero-order valence-electron chi connectivity index (χ0n) is 10.0. The molecule has 0 aliphatic rings. The lowest BCUT2D eigenvalue weighted by atomic mass is 10.2. The second-order valence-corrected chi connectivity index (χ2v) is 4.82. The highest BCUT2D eigenvalue weighted by Gasteiger charge is 2.12. The summed E-state index contributed by atoms with van der Waals surface area (Å²) in [6.07, 6.45) is 1.42. The maximum atomic E-state index is 11.9. The van der Waals surface area contributed by atoms with Crippen LogP contribution in [0.1, 0.15) is 20.7 Å². The van der Waals surface area contributed by atoms with Gasteiger partial charge >= 0.3 is 5.97 Å². The minimum absolute atomic E-state index is 0.0247. The Kier molecular flexibility index (Phi) is 3.99. The number of anilines is 1. The highest BCUT2D eigenvalue weighted by Crippen LogP contribution is 2.20. The van der Waals surface area contributed by atoms with Crippen LogP contribution >= 0.6 is 15.9 Å². The number of carboxylic acids is 1. The summed E-state index contributed by atoms with van der Waals surface area (Å²) < 4.78 is 0.509. The Labute approximate surface area is 121 Å². The summed E-state index contributed by atoms with van der Waals surface area (Å²) in [5, 5.41) is 11.4. The van der Waals surface area contributed by atoms with Crippen molar-refractivity contribution in [1.29, 1.82) is 0 Å². The van der Waals surface area contributed by atoms with Gasteiger partial charge in [0.05, 0.1) is 5.56 Å². The molecule has 102 valence electrons. The van der Waals surface area contributed by atoms with Crippen molar-refractivity contribution < 1.29 is 14.7 Å². The molecule has 0 aliphatic heterocycles. The SMILES string of the molecule is O=C(O)c1cc(Br)cc(NC(=O)c2ccc[nH]c2=O)c1. The van der Waals surface area contributed by atoms with Crippen LogP contribution in [-0.4, -0.2) is 22.0 Å². The molecule has 0 saturated heterocycles. The second-order valence-electron chi connectivity index (χ2n) is 3.90. The lowest BCUT2D eigenvalue weighted by molar-refractivity contribution is 0.0696. The molecule has 6 nitrogen and oxygen atoms in total. The number of aromatic carboxylic acids is 1. The average Bonchev–Trinajstić information content (AvgIpc) is 2.38. The molecule has 1 amide bonds. The van der Waals surface area contributed by atoms with E-state index in [1.54, 1.807) is 6.07 Å². The molecular weight excluding hydrogens is 328 g/mol. The van der Waals surface area contributed by atoms with E-state index < -0.39 is 17.4 Å². The molecule has 0 bridgehead atoms. The zero-order chi connectivity index (χ0) is 14.7. The summed E-state index contributed by atoms with van der Waals surface area (Å²) in [6.45, 7) is 0. The first-order valence-electron chi connectivity index (χ1n) is 5.50. The molecule has 0 atom stereocenters. The molecular formula is C13H9BrN2O4. The van der Waals surface area contributed by atoms with E-state index in [0.29, 0.717) is 4.47 Å². The summed E-state index contributed by atoms with van der Waals surface area (Å²) in [6, 6.07) is 7.17. The Balaban J connectivity index is 2.31. The van der Waals surface area contributed by atoms with Gasteiger partial charge < -0.3 is 15.4 Å². The van der Waals surface area contributed by atoms with Gasteiger partial charge in [0.1, 0.15) is 5.56 Å². The van der Waals surface area contributed by atoms with E-state index >= 15 is 0 Å². The van der Waals surface area contributed by atoms with Crippen LogP contribution in [0.4, 0.5) is 5.69 Å². The van der Waals surface area contributed by atoms with Crippen LogP contribution in [0.5, 0.6) is 0 Å². The Bertz CT molecular complexity index is 739. The zero-order valence-corrected chi connectivity index (χ0v) is 11.6. The largest absolute Gasteiger partial charge is 0.478 e. The van der Waals surface area contributed by atoms with Crippen molar-refractivity contribution in [1.82, 2.24) is 4.98 Å². The van der Waals surface area contributed by atoms with Crippen LogP contribution in [0.15, 0.2) is 45.8 Å². The number of halogens is 1. The fourth-order valence-electron chi connectivity index (χ4n) is 1.58. The van der Waals surface area contributed by atoms with Gasteiger partial charge in [-0.2, -0.15) is 0 Å². The maximum Gasteiger partial charge on any atom is 0.335 e. The Morgan fingerprint density at radius 1 is 1.25 bits per heavy atom. The number of pyridine rings is 1. The number of aromatic nitrogens is 1. The van der Waals surface area contributed by atoms with Crippen molar-refractivity contribution in [2.24, 2.45) is 0 Å². The van der Waals surface area contributed by atoms with Crippen molar-refractivity contribution in [3.8, 4) is 0 Å². The normalized spacial score (nSPS) is 10.1. The number of nitrogens with one attached hydrogen (secondary N) is 2. The first kappa shape index (κ1) is 14.0. The van der Waals surface area contributed by atoms with E-state index in [1.807, 2.05) is 0 Å². The van der Waals surface area contributed by atoms with Crippen LogP contribution in [0.25, 0.3) is 0 Å². The van der Waals surface area contributed by atoms with E-state index in [4.69, 9.17) is 5.11 Å². The van der Waals surface area contributed by atoms with Gasteiger partial charge in [0.2, 0.25) is 0 Å².